The molecule has 106 valence electrons. The van der Waals surface area contributed by atoms with Crippen molar-refractivity contribution in [3.63, 3.8) is 0 Å². The number of nitrogens with one attached hydrogen (secondary N) is 2. The van der Waals surface area contributed by atoms with Crippen LogP contribution >= 0.6 is 15.9 Å². The van der Waals surface area contributed by atoms with Crippen LogP contribution in [0.2, 0.25) is 0 Å². The van der Waals surface area contributed by atoms with Crippen molar-refractivity contribution >= 4 is 33.6 Å². The second-order valence-electron chi connectivity index (χ2n) is 4.14. The predicted octanol–water partition coefficient (Wildman–Crippen LogP) is 1.63. The number of halogens is 1. The van der Waals surface area contributed by atoms with Gasteiger partial charge in [0.15, 0.2) is 0 Å². The predicted molar refractivity (Wildman–Crippen MR) is 80.5 cm³/mol. The third-order valence-electron chi connectivity index (χ3n) is 2.57. The second-order valence-corrected chi connectivity index (χ2v) is 4.99. The third kappa shape index (κ3) is 5.02. The van der Waals surface area contributed by atoms with Gasteiger partial charge < -0.3 is 15.5 Å². The van der Waals surface area contributed by atoms with E-state index < -0.39 is 0 Å². The molecule has 0 radical (unpaired) electrons. The lowest BCUT2D eigenvalue weighted by atomic mass is 10.3. The fourth-order valence-corrected chi connectivity index (χ4v) is 1.94. The molecule has 0 aliphatic carbocycles. The summed E-state index contributed by atoms with van der Waals surface area (Å²) in [6.45, 7) is 3.52. The summed E-state index contributed by atoms with van der Waals surface area (Å²) in [5.41, 5.74) is 0. The lowest BCUT2D eigenvalue weighted by Crippen LogP contribution is -2.27. The van der Waals surface area contributed by atoms with Crippen molar-refractivity contribution in [2.24, 2.45) is 0 Å². The Balaban J connectivity index is 2.71. The normalized spacial score (nSPS) is 10.1. The highest BCUT2D eigenvalue weighted by molar-refractivity contribution is 9.10. The van der Waals surface area contributed by atoms with Crippen molar-refractivity contribution in [2.45, 2.75) is 19.8 Å². The van der Waals surface area contributed by atoms with Crippen LogP contribution in [0.5, 0.6) is 0 Å². The van der Waals surface area contributed by atoms with Gasteiger partial charge in [-0.05, 0) is 22.4 Å². The molecule has 0 aliphatic heterocycles. The Morgan fingerprint density at radius 1 is 1.53 bits per heavy atom. The van der Waals surface area contributed by atoms with E-state index in [9.17, 15) is 4.79 Å². The topological polar surface area (TPSA) is 70.2 Å². The maximum absolute atomic E-state index is 11.2. The van der Waals surface area contributed by atoms with Crippen LogP contribution in [0.1, 0.15) is 19.8 Å². The van der Waals surface area contributed by atoms with Gasteiger partial charge in [-0.15, -0.1) is 0 Å². The molecule has 0 saturated heterocycles. The second kappa shape index (κ2) is 7.93. The van der Waals surface area contributed by atoms with Crippen molar-refractivity contribution < 1.29 is 4.79 Å². The number of amides is 1. The molecule has 0 fully saturated rings. The Morgan fingerprint density at radius 3 is 2.89 bits per heavy atom. The number of nitrogens with zero attached hydrogens (tertiary/aromatic N) is 3. The van der Waals surface area contributed by atoms with Crippen LogP contribution in [0.15, 0.2) is 10.7 Å². The van der Waals surface area contributed by atoms with Gasteiger partial charge in [-0.3, -0.25) is 4.79 Å². The van der Waals surface area contributed by atoms with E-state index in [4.69, 9.17) is 0 Å². The Morgan fingerprint density at radius 2 is 2.26 bits per heavy atom. The smallest absolute Gasteiger partial charge is 0.224 e. The zero-order chi connectivity index (χ0) is 14.3. The molecular formula is C12H20BrN5O. The van der Waals surface area contributed by atoms with Crippen LogP contribution in [0.4, 0.5) is 11.8 Å². The summed E-state index contributed by atoms with van der Waals surface area (Å²) in [5, 5.41) is 5.75. The van der Waals surface area contributed by atoms with E-state index in [0.29, 0.717) is 18.9 Å². The molecule has 0 saturated carbocycles. The number of carbonyl (C=O) groups is 1. The van der Waals surface area contributed by atoms with Gasteiger partial charge in [0.1, 0.15) is 5.82 Å². The summed E-state index contributed by atoms with van der Waals surface area (Å²) in [5.74, 6) is 1.39. The number of anilines is 2. The first-order valence-electron chi connectivity index (χ1n) is 6.26. The van der Waals surface area contributed by atoms with E-state index in [0.717, 1.165) is 23.3 Å². The number of hydrogen-bond acceptors (Lipinski definition) is 5. The highest BCUT2D eigenvalue weighted by Gasteiger charge is 2.11. The maximum atomic E-state index is 11.2. The van der Waals surface area contributed by atoms with Gasteiger partial charge in [-0.1, -0.05) is 6.92 Å². The average molecular weight is 330 g/mol. The van der Waals surface area contributed by atoms with E-state index in [1.54, 1.807) is 13.2 Å². The zero-order valence-electron chi connectivity index (χ0n) is 11.5. The van der Waals surface area contributed by atoms with Crippen molar-refractivity contribution in [3.8, 4) is 0 Å². The van der Waals surface area contributed by atoms with Gasteiger partial charge in [0.2, 0.25) is 11.9 Å². The van der Waals surface area contributed by atoms with Crippen LogP contribution in [0, 0.1) is 0 Å². The Kier molecular flexibility index (Phi) is 6.55. The molecule has 0 spiro atoms. The molecule has 19 heavy (non-hydrogen) atoms. The monoisotopic (exact) mass is 329 g/mol. The molecule has 6 nitrogen and oxygen atoms in total. The van der Waals surface area contributed by atoms with E-state index in [1.165, 1.54) is 0 Å². The molecule has 0 aromatic carbocycles. The number of rotatable bonds is 7. The first-order valence-corrected chi connectivity index (χ1v) is 7.06. The van der Waals surface area contributed by atoms with E-state index >= 15 is 0 Å². The molecular weight excluding hydrogens is 310 g/mol. The standard InChI is InChI=1S/C12H20BrN5O/c1-4-6-15-12-16-8-9(13)11(17-12)18(3)7-5-10(19)14-2/h8H,4-7H2,1-3H3,(H,14,19)(H,15,16,17). The number of carbonyl (C=O) groups excluding carboxylic acids is 1. The SMILES string of the molecule is CCCNc1ncc(Br)c(N(C)CCC(=O)NC)n1. The minimum absolute atomic E-state index is 0.0151. The first kappa shape index (κ1) is 15.7. The molecule has 0 unspecified atom stereocenters. The molecule has 1 aromatic rings. The van der Waals surface area contributed by atoms with Gasteiger partial charge in [0.05, 0.1) is 4.47 Å². The molecule has 0 aliphatic rings. The van der Waals surface area contributed by atoms with E-state index in [-0.39, 0.29) is 5.91 Å². The molecule has 7 heteroatoms. The van der Waals surface area contributed by atoms with Gasteiger partial charge in [-0.2, -0.15) is 4.98 Å². The summed E-state index contributed by atoms with van der Waals surface area (Å²) in [6.07, 6.45) is 3.17. The maximum Gasteiger partial charge on any atom is 0.224 e. The van der Waals surface area contributed by atoms with Gasteiger partial charge in [0, 0.05) is 39.8 Å². The molecule has 2 N–H and O–H groups in total. The van der Waals surface area contributed by atoms with E-state index in [2.05, 4.69) is 43.5 Å². The Hall–Kier alpha value is -1.37. The van der Waals surface area contributed by atoms with Crippen molar-refractivity contribution in [1.82, 2.24) is 15.3 Å². The minimum atomic E-state index is 0.0151. The molecule has 1 rings (SSSR count). The fourth-order valence-electron chi connectivity index (χ4n) is 1.45. The molecule has 1 aromatic heterocycles. The number of hydrogen-bond donors (Lipinski definition) is 2. The Labute approximate surface area is 122 Å². The minimum Gasteiger partial charge on any atom is -0.359 e. The van der Waals surface area contributed by atoms with Crippen molar-refractivity contribution in [3.05, 3.63) is 10.7 Å². The van der Waals surface area contributed by atoms with Crippen LogP contribution in [0.3, 0.4) is 0 Å². The van der Waals surface area contributed by atoms with Crippen LogP contribution < -0.4 is 15.5 Å². The summed E-state index contributed by atoms with van der Waals surface area (Å²) in [7, 11) is 3.54. The van der Waals surface area contributed by atoms with Crippen molar-refractivity contribution in [1.29, 1.82) is 0 Å². The highest BCUT2D eigenvalue weighted by Crippen LogP contribution is 2.23. The summed E-state index contributed by atoms with van der Waals surface area (Å²) >= 11 is 3.43. The highest BCUT2D eigenvalue weighted by atomic mass is 79.9. The largest absolute Gasteiger partial charge is 0.359 e. The van der Waals surface area contributed by atoms with Crippen molar-refractivity contribution in [2.75, 3.05) is 37.4 Å². The molecule has 1 amide bonds. The lowest BCUT2D eigenvalue weighted by Gasteiger charge is -2.19. The van der Waals surface area contributed by atoms with Gasteiger partial charge >= 0.3 is 0 Å². The average Bonchev–Trinajstić information content (AvgIpc) is 2.43. The summed E-state index contributed by atoms with van der Waals surface area (Å²) < 4.78 is 0.814. The molecule has 0 atom stereocenters. The van der Waals surface area contributed by atoms with Gasteiger partial charge in [0.25, 0.3) is 0 Å². The fraction of sp³-hybridized carbons (Fsp3) is 0.583. The van der Waals surface area contributed by atoms with Crippen LogP contribution in [-0.4, -0.2) is 43.1 Å². The lowest BCUT2D eigenvalue weighted by molar-refractivity contribution is -0.120. The van der Waals surface area contributed by atoms with Crippen LogP contribution in [0.25, 0.3) is 0 Å². The van der Waals surface area contributed by atoms with Gasteiger partial charge in [-0.25, -0.2) is 4.98 Å². The van der Waals surface area contributed by atoms with E-state index in [1.807, 2.05) is 11.9 Å². The number of aromatic nitrogens is 2. The zero-order valence-corrected chi connectivity index (χ0v) is 13.1. The molecule has 0 bridgehead atoms. The summed E-state index contributed by atoms with van der Waals surface area (Å²) in [4.78, 5) is 21.8. The Bertz CT molecular complexity index is 427. The molecule has 1 heterocycles. The van der Waals surface area contributed by atoms with Crippen LogP contribution in [-0.2, 0) is 4.79 Å². The quantitative estimate of drug-likeness (QED) is 0.795. The first-order chi connectivity index (χ1) is 9.08. The summed E-state index contributed by atoms with van der Waals surface area (Å²) in [6, 6.07) is 0. The third-order valence-corrected chi connectivity index (χ3v) is 3.13.